The number of likely N-dealkylation sites (N-methyl/N-ethyl adjacent to an activating group) is 1. The predicted octanol–water partition coefficient (Wildman–Crippen LogP) is 0.211. The SMILES string of the molecule is CN1CCCN(c2ccccc2CNc2nc(=NC3CC3)n3ncc(=Cc4[nH]c(=O)[nH]c4O)c3n2)CC1. The second kappa shape index (κ2) is 9.69. The first-order valence-electron chi connectivity index (χ1n) is 12.6. The molecule has 192 valence electrons. The molecule has 4 aromatic rings. The van der Waals surface area contributed by atoms with Crippen LogP contribution in [0.5, 0.6) is 5.88 Å². The number of fused-ring (bicyclic) bond motifs is 1. The molecule has 2 fully saturated rings. The van der Waals surface area contributed by atoms with Crippen molar-refractivity contribution >= 4 is 23.4 Å². The molecule has 12 nitrogen and oxygen atoms in total. The number of aromatic amines is 2. The van der Waals surface area contributed by atoms with Gasteiger partial charge in [-0.25, -0.2) is 9.79 Å². The summed E-state index contributed by atoms with van der Waals surface area (Å²) < 4.78 is 1.60. The van der Waals surface area contributed by atoms with Crippen LogP contribution in [0.15, 0.2) is 40.2 Å². The summed E-state index contributed by atoms with van der Waals surface area (Å²) in [6, 6.07) is 8.69. The van der Waals surface area contributed by atoms with E-state index in [0.29, 0.717) is 29.0 Å². The Labute approximate surface area is 212 Å². The second-order valence-electron chi connectivity index (χ2n) is 9.65. The van der Waals surface area contributed by atoms with Gasteiger partial charge in [0.05, 0.1) is 12.2 Å². The Morgan fingerprint density at radius 1 is 1.16 bits per heavy atom. The first-order chi connectivity index (χ1) is 18.0. The van der Waals surface area contributed by atoms with E-state index >= 15 is 0 Å². The average Bonchev–Trinajstić information content (AvgIpc) is 3.58. The van der Waals surface area contributed by atoms with Crippen LogP contribution in [0.3, 0.4) is 0 Å². The van der Waals surface area contributed by atoms with E-state index in [2.05, 4.69) is 66.5 Å². The minimum Gasteiger partial charge on any atom is -0.493 e. The molecule has 4 N–H and O–H groups in total. The van der Waals surface area contributed by atoms with Crippen LogP contribution < -0.4 is 26.7 Å². The molecule has 12 heteroatoms. The summed E-state index contributed by atoms with van der Waals surface area (Å²) in [5.74, 6) is 0.204. The van der Waals surface area contributed by atoms with Crippen LogP contribution in [0, 0.1) is 0 Å². The molecule has 0 bridgehead atoms. The first kappa shape index (κ1) is 23.2. The van der Waals surface area contributed by atoms with Crippen molar-refractivity contribution < 1.29 is 5.11 Å². The lowest BCUT2D eigenvalue weighted by Crippen LogP contribution is -2.29. The summed E-state index contributed by atoms with van der Waals surface area (Å²) >= 11 is 0. The van der Waals surface area contributed by atoms with Gasteiger partial charge in [0.25, 0.3) is 5.62 Å². The lowest BCUT2D eigenvalue weighted by Gasteiger charge is -2.25. The van der Waals surface area contributed by atoms with E-state index in [1.165, 1.54) is 11.3 Å². The van der Waals surface area contributed by atoms with E-state index in [0.717, 1.165) is 45.4 Å². The lowest BCUT2D eigenvalue weighted by molar-refractivity contribution is 0.360. The number of nitrogens with one attached hydrogen (secondary N) is 3. The topological polar surface area (TPSA) is 143 Å². The number of benzene rings is 1. The maximum Gasteiger partial charge on any atom is 0.326 e. The van der Waals surface area contributed by atoms with Crippen LogP contribution in [0.1, 0.15) is 30.5 Å². The van der Waals surface area contributed by atoms with Gasteiger partial charge < -0.3 is 25.2 Å². The Morgan fingerprint density at radius 3 is 2.84 bits per heavy atom. The maximum atomic E-state index is 11.6. The van der Waals surface area contributed by atoms with Crippen molar-refractivity contribution in [2.24, 2.45) is 4.99 Å². The summed E-state index contributed by atoms with van der Waals surface area (Å²) in [5, 5.41) is 18.4. The van der Waals surface area contributed by atoms with Crippen molar-refractivity contribution in [3.63, 3.8) is 0 Å². The van der Waals surface area contributed by atoms with Crippen LogP contribution in [0.25, 0.3) is 11.7 Å². The molecular formula is C25H30N10O2. The molecule has 0 atom stereocenters. The lowest BCUT2D eigenvalue weighted by atomic mass is 10.1. The summed E-state index contributed by atoms with van der Waals surface area (Å²) in [6.07, 6.45) is 6.44. The highest BCUT2D eigenvalue weighted by Gasteiger charge is 2.21. The molecule has 2 aliphatic rings. The molecule has 0 unspecified atom stereocenters. The van der Waals surface area contributed by atoms with Crippen LogP contribution in [-0.4, -0.2) is 78.8 Å². The van der Waals surface area contributed by atoms with Crippen LogP contribution in [-0.2, 0) is 6.54 Å². The number of rotatable bonds is 6. The second-order valence-corrected chi connectivity index (χ2v) is 9.65. The van der Waals surface area contributed by atoms with Crippen molar-refractivity contribution in [2.45, 2.75) is 31.8 Å². The molecule has 0 amide bonds. The molecule has 1 aliphatic carbocycles. The van der Waals surface area contributed by atoms with Gasteiger partial charge in [0.15, 0.2) is 5.65 Å². The number of hydrogen-bond donors (Lipinski definition) is 4. The molecule has 1 saturated carbocycles. The number of imidazole rings is 1. The van der Waals surface area contributed by atoms with Crippen LogP contribution in [0.2, 0.25) is 0 Å². The molecule has 1 aliphatic heterocycles. The molecule has 6 rings (SSSR count). The standard InChI is InChI=1S/C25H30N10O2/c1-33-9-4-10-34(12-11-33)20-6-3-2-5-16(20)14-26-23-30-21-17(13-19-22(36)31-25(37)29-19)15-27-35(21)24(32-23)28-18-7-8-18/h2-3,5-6,13,15,18,36H,4,7-12,14H2,1H3,(H,26,28,32)(H2,29,31,37). The number of aromatic hydroxyl groups is 1. The van der Waals surface area contributed by atoms with E-state index in [1.807, 2.05) is 0 Å². The van der Waals surface area contributed by atoms with Gasteiger partial charge in [-0.15, -0.1) is 0 Å². The van der Waals surface area contributed by atoms with Gasteiger partial charge in [0, 0.05) is 37.1 Å². The quantitative estimate of drug-likeness (QED) is 0.293. The number of nitrogens with zero attached hydrogens (tertiary/aromatic N) is 7. The van der Waals surface area contributed by atoms with Crippen molar-refractivity contribution in [1.29, 1.82) is 0 Å². The minimum absolute atomic E-state index is 0.240. The smallest absolute Gasteiger partial charge is 0.326 e. The fourth-order valence-corrected chi connectivity index (χ4v) is 4.59. The number of hydrogen-bond acceptors (Lipinski definition) is 9. The van der Waals surface area contributed by atoms with Gasteiger partial charge in [-0.1, -0.05) is 18.2 Å². The first-order valence-corrected chi connectivity index (χ1v) is 12.6. The van der Waals surface area contributed by atoms with Crippen molar-refractivity contribution in [1.82, 2.24) is 34.4 Å². The van der Waals surface area contributed by atoms with E-state index in [1.54, 1.807) is 16.8 Å². The Bertz CT molecular complexity index is 1600. The molecular weight excluding hydrogens is 472 g/mol. The van der Waals surface area contributed by atoms with E-state index < -0.39 is 5.69 Å². The van der Waals surface area contributed by atoms with Crippen molar-refractivity contribution in [3.8, 4) is 5.88 Å². The highest BCUT2D eigenvalue weighted by atomic mass is 16.3. The Hall–Kier alpha value is -4.19. The molecule has 0 radical (unpaired) electrons. The van der Waals surface area contributed by atoms with Crippen molar-refractivity contribution in [3.05, 3.63) is 63.0 Å². The van der Waals surface area contributed by atoms with Gasteiger partial charge in [-0.05, 0) is 50.6 Å². The van der Waals surface area contributed by atoms with E-state index in [4.69, 9.17) is 9.98 Å². The molecule has 3 aromatic heterocycles. The summed E-state index contributed by atoms with van der Waals surface area (Å²) in [7, 11) is 2.17. The molecule has 37 heavy (non-hydrogen) atoms. The zero-order valence-corrected chi connectivity index (χ0v) is 20.7. The molecule has 1 saturated heterocycles. The Kier molecular flexibility index (Phi) is 6.08. The summed E-state index contributed by atoms with van der Waals surface area (Å²) in [6.45, 7) is 4.72. The maximum absolute atomic E-state index is 11.6. The third kappa shape index (κ3) is 5.05. The Morgan fingerprint density at radius 2 is 2.03 bits per heavy atom. The molecule has 0 spiro atoms. The number of anilines is 2. The molecule has 1 aromatic carbocycles. The van der Waals surface area contributed by atoms with Crippen LogP contribution in [0.4, 0.5) is 11.6 Å². The highest BCUT2D eigenvalue weighted by Crippen LogP contribution is 2.23. The zero-order chi connectivity index (χ0) is 25.4. The minimum atomic E-state index is -0.489. The zero-order valence-electron chi connectivity index (χ0n) is 20.7. The van der Waals surface area contributed by atoms with Gasteiger partial charge in [0.2, 0.25) is 11.8 Å². The Balaban J connectivity index is 1.34. The number of H-pyrrole nitrogens is 2. The summed E-state index contributed by atoms with van der Waals surface area (Å²) in [4.78, 5) is 35.4. The summed E-state index contributed by atoms with van der Waals surface area (Å²) in [5.41, 5.74) is 3.17. The van der Waals surface area contributed by atoms with E-state index in [9.17, 15) is 9.90 Å². The largest absolute Gasteiger partial charge is 0.493 e. The number of aromatic nitrogens is 6. The fraction of sp³-hybridized carbons (Fsp3) is 0.400. The van der Waals surface area contributed by atoms with Crippen molar-refractivity contribution in [2.75, 3.05) is 43.4 Å². The number of para-hydroxylation sites is 1. The van der Waals surface area contributed by atoms with Gasteiger partial charge in [-0.2, -0.15) is 19.6 Å². The normalized spacial score (nSPS) is 18.0. The average molecular weight is 503 g/mol. The predicted molar refractivity (Wildman–Crippen MR) is 139 cm³/mol. The van der Waals surface area contributed by atoms with Gasteiger partial charge >= 0.3 is 5.69 Å². The van der Waals surface area contributed by atoms with E-state index in [-0.39, 0.29) is 17.6 Å². The van der Waals surface area contributed by atoms with Gasteiger partial charge in [-0.3, -0.25) is 4.98 Å². The fourth-order valence-electron chi connectivity index (χ4n) is 4.59. The van der Waals surface area contributed by atoms with Gasteiger partial charge in [0.1, 0.15) is 5.69 Å². The third-order valence-electron chi connectivity index (χ3n) is 6.75. The molecule has 4 heterocycles. The highest BCUT2D eigenvalue weighted by molar-refractivity contribution is 5.58. The monoisotopic (exact) mass is 502 g/mol. The third-order valence-corrected chi connectivity index (χ3v) is 6.75. The van der Waals surface area contributed by atoms with Crippen LogP contribution >= 0.6 is 0 Å².